The van der Waals surface area contributed by atoms with E-state index in [-0.39, 0.29) is 6.04 Å². The molecule has 0 spiro atoms. The van der Waals surface area contributed by atoms with Gasteiger partial charge in [-0.25, -0.2) is 0 Å². The fourth-order valence-electron chi connectivity index (χ4n) is 1.86. The van der Waals surface area contributed by atoms with Crippen LogP contribution < -0.4 is 5.32 Å². The van der Waals surface area contributed by atoms with Crippen molar-refractivity contribution in [2.24, 2.45) is 0 Å². The second-order valence-electron chi connectivity index (χ2n) is 3.95. The summed E-state index contributed by atoms with van der Waals surface area (Å²) in [5.41, 5.74) is 3.06. The van der Waals surface area contributed by atoms with Crippen LogP contribution in [0.5, 0.6) is 0 Å². The lowest BCUT2D eigenvalue weighted by Crippen LogP contribution is -2.23. The van der Waals surface area contributed by atoms with Gasteiger partial charge in [-0.15, -0.1) is 11.3 Å². The Morgan fingerprint density at radius 2 is 2.33 bits per heavy atom. The van der Waals surface area contributed by atoms with Crippen LogP contribution in [-0.2, 0) is 6.42 Å². The second kappa shape index (κ2) is 6.66. The first-order valence-corrected chi connectivity index (χ1v) is 7.81. The summed E-state index contributed by atoms with van der Waals surface area (Å²) in [4.78, 5) is 5.39. The molecule has 1 N–H and O–H groups in total. The fourth-order valence-corrected chi connectivity index (χ4v) is 3.21. The largest absolute Gasteiger partial charge is 0.310 e. The molecule has 1 unspecified atom stereocenters. The van der Waals surface area contributed by atoms with Gasteiger partial charge in [0.15, 0.2) is 0 Å². The van der Waals surface area contributed by atoms with E-state index in [0.29, 0.717) is 0 Å². The van der Waals surface area contributed by atoms with Crippen LogP contribution in [0.2, 0.25) is 5.02 Å². The standard InChI is InChI=1S/C13H14BrClN2S/c1-2-17-13(6-10-7-16-8-18-10)11-5-9(15)3-4-12(11)14/h3-5,7-8,13,17H,2,6H2,1H3. The van der Waals surface area contributed by atoms with Gasteiger partial charge in [0.25, 0.3) is 0 Å². The molecule has 0 aliphatic carbocycles. The van der Waals surface area contributed by atoms with E-state index in [9.17, 15) is 0 Å². The Labute approximate surface area is 125 Å². The summed E-state index contributed by atoms with van der Waals surface area (Å²) in [6, 6.07) is 6.16. The van der Waals surface area contributed by atoms with Crippen molar-refractivity contribution in [1.29, 1.82) is 0 Å². The zero-order chi connectivity index (χ0) is 13.0. The van der Waals surface area contributed by atoms with Gasteiger partial charge in [0, 0.05) is 33.0 Å². The summed E-state index contributed by atoms with van der Waals surface area (Å²) < 4.78 is 1.09. The molecule has 1 aromatic carbocycles. The lowest BCUT2D eigenvalue weighted by molar-refractivity contribution is 0.551. The number of rotatable bonds is 5. The molecule has 18 heavy (non-hydrogen) atoms. The lowest BCUT2D eigenvalue weighted by Gasteiger charge is -2.19. The smallest absolute Gasteiger partial charge is 0.0794 e. The molecule has 2 aromatic rings. The molecule has 0 saturated heterocycles. The van der Waals surface area contributed by atoms with E-state index in [1.807, 2.05) is 29.9 Å². The molecule has 1 heterocycles. The Morgan fingerprint density at radius 3 is 3.00 bits per heavy atom. The first-order chi connectivity index (χ1) is 8.70. The number of nitrogens with zero attached hydrogens (tertiary/aromatic N) is 1. The van der Waals surface area contributed by atoms with Crippen LogP contribution in [0.4, 0.5) is 0 Å². The van der Waals surface area contributed by atoms with Gasteiger partial charge in [-0.2, -0.15) is 0 Å². The quantitative estimate of drug-likeness (QED) is 0.866. The number of hydrogen-bond acceptors (Lipinski definition) is 3. The highest BCUT2D eigenvalue weighted by Gasteiger charge is 2.15. The van der Waals surface area contributed by atoms with Crippen molar-refractivity contribution in [2.45, 2.75) is 19.4 Å². The molecule has 0 amide bonds. The Bertz CT molecular complexity index is 502. The number of hydrogen-bond donors (Lipinski definition) is 1. The SMILES string of the molecule is CCNC(Cc1cncs1)c1cc(Cl)ccc1Br. The van der Waals surface area contributed by atoms with Crippen molar-refractivity contribution in [2.75, 3.05) is 6.54 Å². The summed E-state index contributed by atoms with van der Waals surface area (Å²) in [6.45, 7) is 3.03. The molecule has 0 aliphatic rings. The third-order valence-corrected chi connectivity index (χ3v) is 4.43. The maximum absolute atomic E-state index is 6.08. The Hall–Kier alpha value is -0.420. The molecule has 0 saturated carbocycles. The van der Waals surface area contributed by atoms with Crippen molar-refractivity contribution in [1.82, 2.24) is 10.3 Å². The molecule has 2 rings (SSSR count). The van der Waals surface area contributed by atoms with E-state index in [1.54, 1.807) is 11.3 Å². The van der Waals surface area contributed by atoms with Crippen molar-refractivity contribution in [3.05, 3.63) is 49.8 Å². The normalized spacial score (nSPS) is 12.6. The highest BCUT2D eigenvalue weighted by atomic mass is 79.9. The average Bonchev–Trinajstić information content (AvgIpc) is 2.85. The van der Waals surface area contributed by atoms with E-state index in [2.05, 4.69) is 33.2 Å². The monoisotopic (exact) mass is 344 g/mol. The number of aromatic nitrogens is 1. The maximum atomic E-state index is 6.08. The van der Waals surface area contributed by atoms with Crippen LogP contribution in [-0.4, -0.2) is 11.5 Å². The zero-order valence-electron chi connectivity index (χ0n) is 9.99. The highest BCUT2D eigenvalue weighted by Crippen LogP contribution is 2.29. The third-order valence-electron chi connectivity index (χ3n) is 2.67. The molecule has 2 nitrogen and oxygen atoms in total. The number of thiazole rings is 1. The third kappa shape index (κ3) is 3.54. The van der Waals surface area contributed by atoms with E-state index >= 15 is 0 Å². The minimum atomic E-state index is 0.253. The van der Waals surface area contributed by atoms with Crippen molar-refractivity contribution in [3.8, 4) is 0 Å². The fraction of sp³-hybridized carbons (Fsp3) is 0.308. The van der Waals surface area contributed by atoms with Crippen LogP contribution in [0, 0.1) is 0 Å². The summed E-state index contributed by atoms with van der Waals surface area (Å²) >= 11 is 11.4. The first kappa shape index (κ1) is 14.0. The van der Waals surface area contributed by atoms with E-state index in [0.717, 1.165) is 22.5 Å². The van der Waals surface area contributed by atoms with Crippen LogP contribution in [0.1, 0.15) is 23.4 Å². The number of likely N-dealkylation sites (N-methyl/N-ethyl adjacent to an activating group) is 1. The predicted octanol–water partition coefficient (Wildman–Crippen LogP) is 4.45. The van der Waals surface area contributed by atoms with Crippen molar-refractivity contribution >= 4 is 38.9 Å². The van der Waals surface area contributed by atoms with E-state index < -0.39 is 0 Å². The molecule has 1 atom stereocenters. The van der Waals surface area contributed by atoms with Crippen LogP contribution in [0.15, 0.2) is 34.4 Å². The Morgan fingerprint density at radius 1 is 1.50 bits per heavy atom. The summed E-state index contributed by atoms with van der Waals surface area (Å²) in [5, 5.41) is 4.26. The topological polar surface area (TPSA) is 24.9 Å². The Kier molecular flexibility index (Phi) is 5.18. The molecule has 1 aromatic heterocycles. The van der Waals surface area contributed by atoms with Gasteiger partial charge >= 0.3 is 0 Å². The van der Waals surface area contributed by atoms with Crippen LogP contribution in [0.25, 0.3) is 0 Å². The van der Waals surface area contributed by atoms with Gasteiger partial charge in [0.05, 0.1) is 5.51 Å². The first-order valence-electron chi connectivity index (χ1n) is 5.76. The lowest BCUT2D eigenvalue weighted by atomic mass is 10.0. The predicted molar refractivity (Wildman–Crippen MR) is 81.4 cm³/mol. The molecular formula is C13H14BrClN2S. The summed E-state index contributed by atoms with van der Waals surface area (Å²) in [7, 11) is 0. The van der Waals surface area contributed by atoms with Gasteiger partial charge in [-0.05, 0) is 30.3 Å². The summed E-state index contributed by atoms with van der Waals surface area (Å²) in [6.07, 6.45) is 2.85. The van der Waals surface area contributed by atoms with Gasteiger partial charge in [0.1, 0.15) is 0 Å². The second-order valence-corrected chi connectivity index (χ2v) is 6.21. The molecule has 0 bridgehead atoms. The zero-order valence-corrected chi connectivity index (χ0v) is 13.1. The van der Waals surface area contributed by atoms with Gasteiger partial charge in [0.2, 0.25) is 0 Å². The highest BCUT2D eigenvalue weighted by molar-refractivity contribution is 9.10. The number of halogens is 2. The van der Waals surface area contributed by atoms with Gasteiger partial charge in [-0.3, -0.25) is 4.98 Å². The molecule has 96 valence electrons. The minimum Gasteiger partial charge on any atom is -0.310 e. The van der Waals surface area contributed by atoms with Gasteiger partial charge in [-0.1, -0.05) is 34.5 Å². The van der Waals surface area contributed by atoms with Crippen molar-refractivity contribution in [3.63, 3.8) is 0 Å². The Balaban J connectivity index is 2.26. The number of nitrogens with one attached hydrogen (secondary N) is 1. The molecule has 0 aliphatic heterocycles. The molecular weight excluding hydrogens is 332 g/mol. The van der Waals surface area contributed by atoms with Crippen LogP contribution >= 0.6 is 38.9 Å². The molecule has 0 fully saturated rings. The van der Waals surface area contributed by atoms with Crippen LogP contribution in [0.3, 0.4) is 0 Å². The molecule has 5 heteroatoms. The number of benzene rings is 1. The summed E-state index contributed by atoms with van der Waals surface area (Å²) in [5.74, 6) is 0. The molecule has 0 radical (unpaired) electrons. The average molecular weight is 346 g/mol. The van der Waals surface area contributed by atoms with E-state index in [4.69, 9.17) is 11.6 Å². The van der Waals surface area contributed by atoms with E-state index in [1.165, 1.54) is 10.4 Å². The minimum absolute atomic E-state index is 0.253. The van der Waals surface area contributed by atoms with Crippen molar-refractivity contribution < 1.29 is 0 Å². The maximum Gasteiger partial charge on any atom is 0.0794 e. The van der Waals surface area contributed by atoms with Gasteiger partial charge < -0.3 is 5.32 Å².